The fraction of sp³-hybridized carbons (Fsp3) is 0.286. The zero-order chi connectivity index (χ0) is 19.8. The Morgan fingerprint density at radius 1 is 1.07 bits per heavy atom. The molecule has 0 radical (unpaired) electrons. The molecule has 7 nitrogen and oxygen atoms in total. The zero-order valence-electron chi connectivity index (χ0n) is 16.2. The van der Waals surface area contributed by atoms with Crippen molar-refractivity contribution in [1.29, 1.82) is 0 Å². The van der Waals surface area contributed by atoms with Crippen LogP contribution in [0.15, 0.2) is 55.0 Å². The van der Waals surface area contributed by atoms with Crippen LogP contribution in [0.5, 0.6) is 0 Å². The summed E-state index contributed by atoms with van der Waals surface area (Å²) in [6.45, 7) is 2.18. The first-order valence-electron chi connectivity index (χ1n) is 9.77. The van der Waals surface area contributed by atoms with Gasteiger partial charge in [0, 0.05) is 17.8 Å². The maximum Gasteiger partial charge on any atom is 0.154 e. The van der Waals surface area contributed by atoms with E-state index < -0.39 is 0 Å². The van der Waals surface area contributed by atoms with Gasteiger partial charge in [-0.2, -0.15) is 5.10 Å². The molecule has 29 heavy (non-hydrogen) atoms. The van der Waals surface area contributed by atoms with Crippen LogP contribution >= 0.6 is 0 Å². The smallest absolute Gasteiger partial charge is 0.154 e. The number of aromatic nitrogens is 5. The molecule has 0 saturated carbocycles. The summed E-state index contributed by atoms with van der Waals surface area (Å²) in [6, 6.07) is 10.9. The molecule has 0 spiro atoms. The minimum absolute atomic E-state index is 0.317. The van der Waals surface area contributed by atoms with E-state index in [9.17, 15) is 4.39 Å². The molecule has 1 N–H and O–H groups in total. The van der Waals surface area contributed by atoms with Crippen LogP contribution in [0.25, 0.3) is 22.6 Å². The molecule has 0 bridgehead atoms. The summed E-state index contributed by atoms with van der Waals surface area (Å²) in [4.78, 5) is 6.79. The summed E-state index contributed by atoms with van der Waals surface area (Å²) >= 11 is 0. The number of nitrogens with one attached hydrogen (secondary N) is 1. The first-order valence-corrected chi connectivity index (χ1v) is 9.77. The average molecular weight is 391 g/mol. The highest BCUT2D eigenvalue weighted by Crippen LogP contribution is 2.23. The minimum atomic E-state index is -0.317. The highest BCUT2D eigenvalue weighted by molar-refractivity contribution is 5.62. The minimum Gasteiger partial charge on any atom is -0.366 e. The summed E-state index contributed by atoms with van der Waals surface area (Å²) in [5.74, 6) is 0.510. The van der Waals surface area contributed by atoms with Crippen molar-refractivity contribution in [3.63, 3.8) is 0 Å². The maximum atomic E-state index is 14.1. The molecule has 148 valence electrons. The van der Waals surface area contributed by atoms with Crippen molar-refractivity contribution in [2.45, 2.75) is 18.9 Å². The molecule has 8 heteroatoms. The standard InChI is InChI=1S/C21H22FN7/c1-27-10-8-16(9-11-27)25-20-6-7-21-23-13-19(29(21)26-20)15-12-24-28(14-15)18-5-3-2-4-17(18)22/h2-7,12-14,16H,8-11H2,1H3,(H,25,26). The molecular formula is C21H22FN7. The average Bonchev–Trinajstić information content (AvgIpc) is 3.37. The third-order valence-corrected chi connectivity index (χ3v) is 5.41. The van der Waals surface area contributed by atoms with Gasteiger partial charge in [-0.3, -0.25) is 0 Å². The molecule has 1 aliphatic rings. The molecule has 1 fully saturated rings. The normalized spacial score (nSPS) is 15.8. The van der Waals surface area contributed by atoms with Gasteiger partial charge in [-0.05, 0) is 57.2 Å². The van der Waals surface area contributed by atoms with Crippen LogP contribution in [0, 0.1) is 5.82 Å². The second-order valence-corrected chi connectivity index (χ2v) is 7.48. The van der Waals surface area contributed by atoms with Crippen molar-refractivity contribution in [3.8, 4) is 16.9 Å². The Morgan fingerprint density at radius 2 is 1.90 bits per heavy atom. The molecule has 4 heterocycles. The molecule has 0 unspecified atom stereocenters. The van der Waals surface area contributed by atoms with Crippen LogP contribution < -0.4 is 5.32 Å². The lowest BCUT2D eigenvalue weighted by atomic mass is 10.1. The summed E-state index contributed by atoms with van der Waals surface area (Å²) < 4.78 is 17.4. The number of imidazole rings is 1. The maximum absolute atomic E-state index is 14.1. The van der Waals surface area contributed by atoms with Crippen molar-refractivity contribution in [2.75, 3.05) is 25.5 Å². The van der Waals surface area contributed by atoms with Crippen molar-refractivity contribution < 1.29 is 4.39 Å². The third kappa shape index (κ3) is 3.47. The van der Waals surface area contributed by atoms with Crippen LogP contribution in [0.3, 0.4) is 0 Å². The van der Waals surface area contributed by atoms with E-state index >= 15 is 0 Å². The molecule has 1 saturated heterocycles. The van der Waals surface area contributed by atoms with E-state index in [0.717, 1.165) is 48.7 Å². The van der Waals surface area contributed by atoms with Crippen molar-refractivity contribution in [1.82, 2.24) is 29.3 Å². The molecule has 3 aromatic heterocycles. The van der Waals surface area contributed by atoms with Gasteiger partial charge >= 0.3 is 0 Å². The fourth-order valence-corrected chi connectivity index (χ4v) is 3.73. The Hall–Kier alpha value is -3.26. The van der Waals surface area contributed by atoms with E-state index in [1.165, 1.54) is 10.7 Å². The highest BCUT2D eigenvalue weighted by Gasteiger charge is 2.17. The molecule has 0 amide bonds. The molecule has 0 atom stereocenters. The first-order chi connectivity index (χ1) is 14.2. The predicted octanol–water partition coefficient (Wildman–Crippen LogP) is 3.23. The Bertz CT molecular complexity index is 1140. The van der Waals surface area contributed by atoms with E-state index in [1.54, 1.807) is 41.3 Å². The molecule has 1 aliphatic heterocycles. The summed E-state index contributed by atoms with van der Waals surface area (Å²) in [6.07, 6.45) is 7.46. The largest absolute Gasteiger partial charge is 0.366 e. The lowest BCUT2D eigenvalue weighted by Gasteiger charge is -2.29. The van der Waals surface area contributed by atoms with Gasteiger partial charge < -0.3 is 10.2 Å². The van der Waals surface area contributed by atoms with Gasteiger partial charge in [-0.1, -0.05) is 12.1 Å². The summed E-state index contributed by atoms with van der Waals surface area (Å²) in [7, 11) is 2.15. The van der Waals surface area contributed by atoms with Gasteiger partial charge in [0.05, 0.1) is 18.1 Å². The molecule has 4 aromatic rings. The SMILES string of the molecule is CN1CCC(Nc2ccc3ncc(-c4cnn(-c5ccccc5F)c4)n3n2)CC1. The Kier molecular flexibility index (Phi) is 4.48. The first kappa shape index (κ1) is 17.8. The van der Waals surface area contributed by atoms with E-state index in [0.29, 0.717) is 11.7 Å². The summed E-state index contributed by atoms with van der Waals surface area (Å²) in [5, 5.41) is 12.6. The Morgan fingerprint density at radius 3 is 2.72 bits per heavy atom. The number of hydrogen-bond acceptors (Lipinski definition) is 5. The van der Waals surface area contributed by atoms with Gasteiger partial charge in [-0.25, -0.2) is 18.6 Å². The monoisotopic (exact) mass is 391 g/mol. The molecule has 0 aliphatic carbocycles. The van der Waals surface area contributed by atoms with E-state index in [2.05, 4.69) is 27.3 Å². The number of nitrogens with zero attached hydrogens (tertiary/aromatic N) is 6. The van der Waals surface area contributed by atoms with E-state index in [4.69, 9.17) is 5.10 Å². The van der Waals surface area contributed by atoms with Gasteiger partial charge in [0.25, 0.3) is 0 Å². The number of halogens is 1. The van der Waals surface area contributed by atoms with Crippen molar-refractivity contribution in [2.24, 2.45) is 0 Å². The van der Waals surface area contributed by atoms with E-state index in [1.807, 2.05) is 12.1 Å². The predicted molar refractivity (Wildman–Crippen MR) is 110 cm³/mol. The number of piperidine rings is 1. The number of anilines is 1. The molecular weight excluding hydrogens is 369 g/mol. The molecule has 1 aromatic carbocycles. The number of hydrogen-bond donors (Lipinski definition) is 1. The van der Waals surface area contributed by atoms with Crippen LogP contribution in [-0.2, 0) is 0 Å². The Balaban J connectivity index is 1.44. The topological polar surface area (TPSA) is 63.3 Å². The lowest BCUT2D eigenvalue weighted by Crippen LogP contribution is -2.36. The number of benzene rings is 1. The van der Waals surface area contributed by atoms with Gasteiger partial charge in [0.2, 0.25) is 0 Å². The van der Waals surface area contributed by atoms with Crippen LogP contribution in [-0.4, -0.2) is 55.5 Å². The fourth-order valence-electron chi connectivity index (χ4n) is 3.73. The van der Waals surface area contributed by atoms with Gasteiger partial charge in [-0.15, -0.1) is 5.10 Å². The van der Waals surface area contributed by atoms with Gasteiger partial charge in [0.1, 0.15) is 17.3 Å². The van der Waals surface area contributed by atoms with Gasteiger partial charge in [0.15, 0.2) is 5.65 Å². The van der Waals surface area contributed by atoms with E-state index in [-0.39, 0.29) is 5.82 Å². The van der Waals surface area contributed by atoms with Crippen LogP contribution in [0.2, 0.25) is 0 Å². The second-order valence-electron chi connectivity index (χ2n) is 7.48. The van der Waals surface area contributed by atoms with Crippen molar-refractivity contribution >= 4 is 11.5 Å². The highest BCUT2D eigenvalue weighted by atomic mass is 19.1. The zero-order valence-corrected chi connectivity index (χ0v) is 16.2. The quantitative estimate of drug-likeness (QED) is 0.579. The van der Waals surface area contributed by atoms with Crippen LogP contribution in [0.1, 0.15) is 12.8 Å². The molecule has 5 rings (SSSR count). The number of rotatable bonds is 4. The third-order valence-electron chi connectivity index (χ3n) is 5.41. The van der Waals surface area contributed by atoms with Crippen LogP contribution in [0.4, 0.5) is 10.2 Å². The number of para-hydroxylation sites is 1. The summed E-state index contributed by atoms with van der Waals surface area (Å²) in [5.41, 5.74) is 2.80. The second kappa shape index (κ2) is 7.29. The number of likely N-dealkylation sites (tertiary alicyclic amines) is 1. The van der Waals surface area contributed by atoms with Crippen molar-refractivity contribution in [3.05, 3.63) is 60.8 Å². The number of fused-ring (bicyclic) bond motifs is 1. The Labute approximate surface area is 167 Å². The lowest BCUT2D eigenvalue weighted by molar-refractivity contribution is 0.263.